The van der Waals surface area contributed by atoms with Crippen LogP contribution in [0, 0.1) is 5.82 Å². The first-order chi connectivity index (χ1) is 16.8. The van der Waals surface area contributed by atoms with Crippen LogP contribution in [0.2, 0.25) is 0 Å². The third-order valence-electron chi connectivity index (χ3n) is 5.22. The zero-order chi connectivity index (χ0) is 25.1. The van der Waals surface area contributed by atoms with Gasteiger partial charge in [-0.15, -0.1) is 0 Å². The molecule has 3 aromatic rings. The van der Waals surface area contributed by atoms with Crippen molar-refractivity contribution in [1.82, 2.24) is 4.57 Å². The van der Waals surface area contributed by atoms with Crippen LogP contribution in [0.1, 0.15) is 31.0 Å². The number of ether oxygens (including phenoxy) is 2. The summed E-state index contributed by atoms with van der Waals surface area (Å²) in [4.78, 5) is 42.0. The minimum absolute atomic E-state index is 0.149. The molecule has 1 N–H and O–H groups in total. The fourth-order valence-electron chi connectivity index (χ4n) is 3.74. The third-order valence-corrected chi connectivity index (χ3v) is 6.20. The maximum absolute atomic E-state index is 13.6. The van der Waals surface area contributed by atoms with E-state index in [1.807, 2.05) is 0 Å². The summed E-state index contributed by atoms with van der Waals surface area (Å²) in [6, 6.07) is 11.4. The van der Waals surface area contributed by atoms with Crippen molar-refractivity contribution in [3.63, 3.8) is 0 Å². The van der Waals surface area contributed by atoms with Gasteiger partial charge in [0, 0.05) is 0 Å². The Kier molecular flexibility index (Phi) is 6.92. The molecule has 0 unspecified atom stereocenters. The largest absolute Gasteiger partial charge is 0.482 e. The summed E-state index contributed by atoms with van der Waals surface area (Å²) in [6.45, 7) is 3.02. The van der Waals surface area contributed by atoms with E-state index in [0.29, 0.717) is 31.9 Å². The van der Waals surface area contributed by atoms with Crippen molar-refractivity contribution >= 4 is 29.4 Å². The van der Waals surface area contributed by atoms with Crippen LogP contribution in [-0.4, -0.2) is 34.8 Å². The number of halogens is 1. The van der Waals surface area contributed by atoms with Gasteiger partial charge >= 0.3 is 11.9 Å². The summed E-state index contributed by atoms with van der Waals surface area (Å²) in [7, 11) is 0. The number of carboxylic acid groups (broad SMARTS) is 1. The van der Waals surface area contributed by atoms with E-state index in [0.717, 1.165) is 11.3 Å². The van der Waals surface area contributed by atoms with Gasteiger partial charge in [-0.05, 0) is 55.3 Å². The Morgan fingerprint density at radius 3 is 2.66 bits per heavy atom. The van der Waals surface area contributed by atoms with Gasteiger partial charge in [-0.2, -0.15) is 0 Å². The molecule has 1 aliphatic heterocycles. The first-order valence-electron chi connectivity index (χ1n) is 10.7. The number of hydrogen-bond donors (Lipinski definition) is 1. The average molecular weight is 497 g/mol. The van der Waals surface area contributed by atoms with Crippen molar-refractivity contribution in [2.45, 2.75) is 19.9 Å². The third kappa shape index (κ3) is 5.07. The number of benzene rings is 2. The van der Waals surface area contributed by atoms with Gasteiger partial charge in [0.2, 0.25) is 0 Å². The number of aromatic nitrogens is 1. The second kappa shape index (κ2) is 10.1. The molecule has 2 heterocycles. The maximum atomic E-state index is 13.6. The smallest absolute Gasteiger partial charge is 0.341 e. The van der Waals surface area contributed by atoms with E-state index in [2.05, 4.69) is 4.99 Å². The van der Waals surface area contributed by atoms with Crippen molar-refractivity contribution in [2.75, 3.05) is 13.2 Å². The highest BCUT2D eigenvalue weighted by atomic mass is 32.1. The number of allylic oxidation sites excluding steroid dienone is 1. The van der Waals surface area contributed by atoms with E-state index in [4.69, 9.17) is 14.6 Å². The van der Waals surface area contributed by atoms with Gasteiger partial charge in [0.1, 0.15) is 11.6 Å². The second-order valence-electron chi connectivity index (χ2n) is 7.61. The maximum Gasteiger partial charge on any atom is 0.341 e. The van der Waals surface area contributed by atoms with Crippen molar-refractivity contribution < 1.29 is 28.6 Å². The number of carbonyl (C=O) groups is 2. The number of rotatable bonds is 7. The Hall–Kier alpha value is -4.05. The quantitative estimate of drug-likeness (QED) is 0.504. The fraction of sp³-hybridized carbons (Fsp3) is 0.200. The molecule has 35 heavy (non-hydrogen) atoms. The Labute approximate surface area is 202 Å². The van der Waals surface area contributed by atoms with Crippen LogP contribution in [0.5, 0.6) is 5.75 Å². The lowest BCUT2D eigenvalue weighted by Gasteiger charge is -2.24. The molecule has 0 bridgehead atoms. The molecule has 2 aromatic carbocycles. The Balaban J connectivity index is 1.85. The van der Waals surface area contributed by atoms with Gasteiger partial charge in [-0.1, -0.05) is 35.6 Å². The van der Waals surface area contributed by atoms with Crippen molar-refractivity contribution in [2.24, 2.45) is 4.99 Å². The molecule has 1 aromatic heterocycles. The van der Waals surface area contributed by atoms with Crippen LogP contribution in [-0.2, 0) is 14.3 Å². The van der Waals surface area contributed by atoms with Gasteiger partial charge in [-0.3, -0.25) is 9.36 Å². The molecule has 0 radical (unpaired) electrons. The minimum Gasteiger partial charge on any atom is -0.482 e. The SMILES string of the molecule is CCOC(=O)C1=C(C)N=c2s/c(=C/c3cccc(OCC(=O)O)c3)c(=O)n2[C@@H]1c1ccc(F)cc1. The van der Waals surface area contributed by atoms with Crippen molar-refractivity contribution in [1.29, 1.82) is 0 Å². The summed E-state index contributed by atoms with van der Waals surface area (Å²) >= 11 is 1.15. The number of carboxylic acids is 1. The molecular formula is C25H21FN2O6S. The molecule has 0 fully saturated rings. The molecule has 1 aliphatic rings. The van der Waals surface area contributed by atoms with Crippen LogP contribution < -0.4 is 19.6 Å². The summed E-state index contributed by atoms with van der Waals surface area (Å²) in [5.41, 5.74) is 1.41. The number of carbonyl (C=O) groups excluding carboxylic acids is 1. The second-order valence-corrected chi connectivity index (χ2v) is 8.62. The Morgan fingerprint density at radius 1 is 1.23 bits per heavy atom. The normalized spacial score (nSPS) is 15.4. The van der Waals surface area contributed by atoms with Crippen LogP contribution in [0.4, 0.5) is 4.39 Å². The summed E-state index contributed by atoms with van der Waals surface area (Å²) in [6.07, 6.45) is 1.64. The minimum atomic E-state index is -1.10. The van der Waals surface area contributed by atoms with E-state index in [9.17, 15) is 18.8 Å². The summed E-state index contributed by atoms with van der Waals surface area (Å²) < 4.78 is 25.8. The molecule has 0 aliphatic carbocycles. The van der Waals surface area contributed by atoms with E-state index < -0.39 is 30.4 Å². The molecule has 4 rings (SSSR count). The lowest BCUT2D eigenvalue weighted by atomic mass is 9.96. The fourth-order valence-corrected chi connectivity index (χ4v) is 4.79. The molecule has 10 heteroatoms. The Bertz CT molecular complexity index is 1500. The number of thiazole rings is 1. The first-order valence-corrected chi connectivity index (χ1v) is 11.5. The van der Waals surface area contributed by atoms with Crippen LogP contribution in [0.3, 0.4) is 0 Å². The van der Waals surface area contributed by atoms with E-state index in [1.54, 1.807) is 44.2 Å². The van der Waals surface area contributed by atoms with Crippen molar-refractivity contribution in [3.8, 4) is 5.75 Å². The number of aliphatic carboxylic acids is 1. The molecule has 1 atom stereocenters. The molecule has 180 valence electrons. The lowest BCUT2D eigenvalue weighted by molar-refractivity contribution is -0.140. The average Bonchev–Trinajstić information content (AvgIpc) is 3.12. The molecular weight excluding hydrogens is 475 g/mol. The molecule has 8 nitrogen and oxygen atoms in total. The van der Waals surface area contributed by atoms with E-state index in [-0.39, 0.29) is 17.7 Å². The van der Waals surface area contributed by atoms with Crippen LogP contribution in [0.15, 0.2) is 69.6 Å². The number of nitrogens with zero attached hydrogens (tertiary/aromatic N) is 2. The highest BCUT2D eigenvalue weighted by Gasteiger charge is 2.33. The number of esters is 1. The van der Waals surface area contributed by atoms with Crippen LogP contribution in [0.25, 0.3) is 6.08 Å². The Morgan fingerprint density at radius 2 is 1.97 bits per heavy atom. The lowest BCUT2D eigenvalue weighted by Crippen LogP contribution is -2.39. The summed E-state index contributed by atoms with van der Waals surface area (Å²) in [5.74, 6) is -1.79. The number of hydrogen-bond acceptors (Lipinski definition) is 7. The predicted octanol–water partition coefficient (Wildman–Crippen LogP) is 2.40. The monoisotopic (exact) mass is 496 g/mol. The van der Waals surface area contributed by atoms with E-state index in [1.165, 1.54) is 28.8 Å². The van der Waals surface area contributed by atoms with Crippen molar-refractivity contribution in [3.05, 3.63) is 96.4 Å². The zero-order valence-corrected chi connectivity index (χ0v) is 19.7. The molecule has 0 spiro atoms. The topological polar surface area (TPSA) is 107 Å². The highest BCUT2D eigenvalue weighted by molar-refractivity contribution is 7.07. The van der Waals surface area contributed by atoms with Gasteiger partial charge in [-0.25, -0.2) is 19.0 Å². The van der Waals surface area contributed by atoms with E-state index >= 15 is 0 Å². The van der Waals surface area contributed by atoms with Crippen LogP contribution >= 0.6 is 11.3 Å². The van der Waals surface area contributed by atoms with Gasteiger partial charge in [0.25, 0.3) is 5.56 Å². The predicted molar refractivity (Wildman–Crippen MR) is 126 cm³/mol. The molecule has 0 saturated heterocycles. The standard InChI is InChI=1S/C25H21FN2O6S/c1-3-33-24(32)21-14(2)27-25-28(22(21)16-7-9-17(26)10-8-16)23(31)19(35-25)12-15-5-4-6-18(11-15)34-13-20(29)30/h4-12,22H,3,13H2,1-2H3,(H,29,30)/b19-12+/t22-/m1/s1. The van der Waals surface area contributed by atoms with Gasteiger partial charge in [0.05, 0.1) is 28.5 Å². The zero-order valence-electron chi connectivity index (χ0n) is 18.9. The molecule has 0 amide bonds. The summed E-state index contributed by atoms with van der Waals surface area (Å²) in [5, 5.41) is 8.82. The molecule has 0 saturated carbocycles. The highest BCUT2D eigenvalue weighted by Crippen LogP contribution is 2.30. The van der Waals surface area contributed by atoms with Gasteiger partial charge in [0.15, 0.2) is 11.4 Å². The van der Waals surface area contributed by atoms with Gasteiger partial charge < -0.3 is 14.6 Å². The first kappa shape index (κ1) is 24.1. The number of fused-ring (bicyclic) bond motifs is 1.